The zero-order chi connectivity index (χ0) is 18.0. The highest BCUT2D eigenvalue weighted by Gasteiger charge is 2.21. The SMILES string of the molecule is C=CCOC(=O)c1sc(NC(=O)c2oc3ccccc3c2C)nc1C. The fourth-order valence-electron chi connectivity index (χ4n) is 2.38. The van der Waals surface area contributed by atoms with E-state index >= 15 is 0 Å². The Bertz CT molecular complexity index is 971. The number of ether oxygens (including phenoxy) is 1. The van der Waals surface area contributed by atoms with Crippen molar-refractivity contribution in [1.82, 2.24) is 4.98 Å². The second kappa shape index (κ2) is 6.90. The van der Waals surface area contributed by atoms with Crippen LogP contribution in [0.25, 0.3) is 11.0 Å². The zero-order valence-corrected chi connectivity index (χ0v) is 14.6. The average molecular weight is 356 g/mol. The van der Waals surface area contributed by atoms with Crippen LogP contribution in [0.15, 0.2) is 41.3 Å². The van der Waals surface area contributed by atoms with Gasteiger partial charge in [-0.3, -0.25) is 10.1 Å². The number of fused-ring (bicyclic) bond motifs is 1. The fourth-order valence-corrected chi connectivity index (χ4v) is 3.24. The molecule has 0 radical (unpaired) electrons. The normalized spacial score (nSPS) is 10.6. The molecule has 1 amide bonds. The predicted octanol–water partition coefficient (Wildman–Crippen LogP) is 4.10. The number of nitrogens with one attached hydrogen (secondary N) is 1. The molecule has 3 rings (SSSR count). The highest BCUT2D eigenvalue weighted by Crippen LogP contribution is 2.27. The van der Waals surface area contributed by atoms with Crippen LogP contribution in [0.2, 0.25) is 0 Å². The topological polar surface area (TPSA) is 81.4 Å². The lowest BCUT2D eigenvalue weighted by molar-refractivity contribution is 0.0554. The summed E-state index contributed by atoms with van der Waals surface area (Å²) in [7, 11) is 0. The Morgan fingerprint density at radius 2 is 2.12 bits per heavy atom. The van der Waals surface area contributed by atoms with Crippen molar-refractivity contribution in [2.75, 3.05) is 11.9 Å². The molecule has 25 heavy (non-hydrogen) atoms. The average Bonchev–Trinajstić information content (AvgIpc) is 3.13. The molecule has 0 atom stereocenters. The Kier molecular flexibility index (Phi) is 4.67. The monoisotopic (exact) mass is 356 g/mol. The van der Waals surface area contributed by atoms with Crippen LogP contribution in [-0.4, -0.2) is 23.5 Å². The van der Waals surface area contributed by atoms with Crippen molar-refractivity contribution >= 4 is 39.3 Å². The van der Waals surface area contributed by atoms with Gasteiger partial charge in [0.1, 0.15) is 17.1 Å². The van der Waals surface area contributed by atoms with Crippen LogP contribution in [0, 0.1) is 13.8 Å². The Balaban J connectivity index is 1.82. The van der Waals surface area contributed by atoms with E-state index < -0.39 is 11.9 Å². The van der Waals surface area contributed by atoms with E-state index in [1.165, 1.54) is 6.08 Å². The molecular weight excluding hydrogens is 340 g/mol. The molecule has 1 aromatic carbocycles. The Labute approximate surface area is 148 Å². The van der Waals surface area contributed by atoms with Crippen molar-refractivity contribution in [1.29, 1.82) is 0 Å². The smallest absolute Gasteiger partial charge is 0.350 e. The molecule has 2 aromatic heterocycles. The van der Waals surface area contributed by atoms with Gasteiger partial charge in [0, 0.05) is 10.9 Å². The molecule has 0 saturated carbocycles. The molecule has 0 aliphatic rings. The summed E-state index contributed by atoms with van der Waals surface area (Å²) in [6.45, 7) is 7.13. The van der Waals surface area contributed by atoms with Gasteiger partial charge in [-0.15, -0.1) is 0 Å². The summed E-state index contributed by atoms with van der Waals surface area (Å²) in [5.74, 6) is -0.673. The number of rotatable bonds is 5. The minimum Gasteiger partial charge on any atom is -0.457 e. The molecule has 0 aliphatic carbocycles. The molecular formula is C18H16N2O4S. The number of nitrogens with zero attached hydrogens (tertiary/aromatic N) is 1. The van der Waals surface area contributed by atoms with E-state index in [4.69, 9.17) is 9.15 Å². The first-order chi connectivity index (χ1) is 12.0. The number of thiazole rings is 1. The van der Waals surface area contributed by atoms with E-state index in [9.17, 15) is 9.59 Å². The highest BCUT2D eigenvalue weighted by atomic mass is 32.1. The molecule has 0 aliphatic heterocycles. The summed E-state index contributed by atoms with van der Waals surface area (Å²) in [6, 6.07) is 7.43. The number of hydrogen-bond acceptors (Lipinski definition) is 6. The maximum absolute atomic E-state index is 12.5. The van der Waals surface area contributed by atoms with E-state index in [1.807, 2.05) is 25.1 Å². The van der Waals surface area contributed by atoms with E-state index in [2.05, 4.69) is 16.9 Å². The number of furan rings is 1. The van der Waals surface area contributed by atoms with Gasteiger partial charge in [-0.25, -0.2) is 9.78 Å². The van der Waals surface area contributed by atoms with E-state index in [0.717, 1.165) is 22.3 Å². The molecule has 6 nitrogen and oxygen atoms in total. The predicted molar refractivity (Wildman–Crippen MR) is 96.2 cm³/mol. The minimum atomic E-state index is -0.490. The molecule has 0 fully saturated rings. The largest absolute Gasteiger partial charge is 0.457 e. The number of aromatic nitrogens is 1. The number of anilines is 1. The molecule has 0 unspecified atom stereocenters. The summed E-state index contributed by atoms with van der Waals surface area (Å²) < 4.78 is 10.6. The molecule has 0 bridgehead atoms. The highest BCUT2D eigenvalue weighted by molar-refractivity contribution is 7.17. The van der Waals surface area contributed by atoms with Crippen molar-refractivity contribution in [3.05, 3.63) is 58.8 Å². The van der Waals surface area contributed by atoms with Crippen LogP contribution >= 0.6 is 11.3 Å². The first-order valence-electron chi connectivity index (χ1n) is 7.56. The maximum Gasteiger partial charge on any atom is 0.350 e. The van der Waals surface area contributed by atoms with Gasteiger partial charge in [-0.05, 0) is 19.9 Å². The number of carbonyl (C=O) groups excluding carboxylic acids is 2. The zero-order valence-electron chi connectivity index (χ0n) is 13.8. The molecule has 1 N–H and O–H groups in total. The van der Waals surface area contributed by atoms with Crippen LogP contribution in [0.1, 0.15) is 31.5 Å². The third kappa shape index (κ3) is 3.32. The van der Waals surface area contributed by atoms with Crippen molar-refractivity contribution in [3.63, 3.8) is 0 Å². The number of hydrogen-bond donors (Lipinski definition) is 1. The number of para-hydroxylation sites is 1. The van der Waals surface area contributed by atoms with Crippen LogP contribution in [0.4, 0.5) is 5.13 Å². The van der Waals surface area contributed by atoms with Gasteiger partial charge < -0.3 is 9.15 Å². The number of aryl methyl sites for hydroxylation is 2. The summed E-state index contributed by atoms with van der Waals surface area (Å²) in [4.78, 5) is 29.0. The molecule has 0 saturated heterocycles. The Morgan fingerprint density at radius 3 is 2.84 bits per heavy atom. The lowest BCUT2D eigenvalue weighted by Crippen LogP contribution is -2.11. The lowest BCUT2D eigenvalue weighted by atomic mass is 10.1. The van der Waals surface area contributed by atoms with Gasteiger partial charge in [0.2, 0.25) is 0 Å². The van der Waals surface area contributed by atoms with Crippen molar-refractivity contribution in [3.8, 4) is 0 Å². The van der Waals surface area contributed by atoms with Crippen molar-refractivity contribution < 1.29 is 18.7 Å². The van der Waals surface area contributed by atoms with Gasteiger partial charge in [0.25, 0.3) is 5.91 Å². The van der Waals surface area contributed by atoms with Crippen molar-refractivity contribution in [2.45, 2.75) is 13.8 Å². The molecule has 3 aromatic rings. The number of carbonyl (C=O) groups is 2. The minimum absolute atomic E-state index is 0.121. The van der Waals surface area contributed by atoms with Crippen LogP contribution in [0.5, 0.6) is 0 Å². The Morgan fingerprint density at radius 1 is 1.36 bits per heavy atom. The van der Waals surface area contributed by atoms with E-state index in [-0.39, 0.29) is 12.4 Å². The summed E-state index contributed by atoms with van der Waals surface area (Å²) >= 11 is 1.06. The summed E-state index contributed by atoms with van der Waals surface area (Å²) in [5.41, 5.74) is 1.90. The first-order valence-corrected chi connectivity index (χ1v) is 8.38. The molecule has 7 heteroatoms. The van der Waals surface area contributed by atoms with Crippen LogP contribution < -0.4 is 5.32 Å². The number of benzene rings is 1. The number of amides is 1. The first kappa shape index (κ1) is 16.9. The van der Waals surface area contributed by atoms with Gasteiger partial charge in [0.05, 0.1) is 5.69 Å². The van der Waals surface area contributed by atoms with Crippen LogP contribution in [-0.2, 0) is 4.74 Å². The summed E-state index contributed by atoms with van der Waals surface area (Å²) in [5, 5.41) is 3.88. The second-order valence-electron chi connectivity index (χ2n) is 5.33. The third-order valence-corrected chi connectivity index (χ3v) is 4.64. The van der Waals surface area contributed by atoms with Crippen molar-refractivity contribution in [2.24, 2.45) is 0 Å². The van der Waals surface area contributed by atoms with Crippen LogP contribution in [0.3, 0.4) is 0 Å². The standard InChI is InChI=1S/C18H16N2O4S/c1-4-9-23-17(22)15-11(3)19-18(25-15)20-16(21)14-10(2)12-7-5-6-8-13(12)24-14/h4-8H,1,9H2,2-3H3,(H,19,20,21). The van der Waals surface area contributed by atoms with Gasteiger partial charge >= 0.3 is 5.97 Å². The fraction of sp³-hybridized carbons (Fsp3) is 0.167. The lowest BCUT2D eigenvalue weighted by Gasteiger charge is -1.99. The van der Waals surface area contributed by atoms with Gasteiger partial charge in [-0.1, -0.05) is 42.2 Å². The number of esters is 1. The maximum atomic E-state index is 12.5. The molecule has 0 spiro atoms. The third-order valence-electron chi connectivity index (χ3n) is 3.58. The quantitative estimate of drug-likeness (QED) is 0.550. The van der Waals surface area contributed by atoms with Gasteiger partial charge in [0.15, 0.2) is 10.9 Å². The summed E-state index contributed by atoms with van der Waals surface area (Å²) in [6.07, 6.45) is 1.49. The van der Waals surface area contributed by atoms with Gasteiger partial charge in [-0.2, -0.15) is 0 Å². The molecule has 128 valence electrons. The molecule has 2 heterocycles. The Hall–Kier alpha value is -2.93. The van der Waals surface area contributed by atoms with E-state index in [0.29, 0.717) is 21.3 Å². The van der Waals surface area contributed by atoms with E-state index in [1.54, 1.807) is 13.0 Å². The second-order valence-corrected chi connectivity index (χ2v) is 6.33.